The molecule has 0 fully saturated rings. The van der Waals surface area contributed by atoms with Crippen molar-refractivity contribution in [3.8, 4) is 16.2 Å². The minimum atomic E-state index is 0.517. The molecule has 0 bridgehead atoms. The van der Waals surface area contributed by atoms with Crippen LogP contribution in [0.3, 0.4) is 0 Å². The highest BCUT2D eigenvalue weighted by Crippen LogP contribution is 2.35. The van der Waals surface area contributed by atoms with E-state index in [-0.39, 0.29) is 0 Å². The van der Waals surface area contributed by atoms with Gasteiger partial charge in [-0.2, -0.15) is 0 Å². The molecule has 18 heavy (non-hydrogen) atoms. The monoisotopic (exact) mass is 279 g/mol. The minimum Gasteiger partial charge on any atom is -0.493 e. The van der Waals surface area contributed by atoms with Gasteiger partial charge in [-0.15, -0.1) is 11.3 Å². The van der Waals surface area contributed by atoms with E-state index in [9.17, 15) is 0 Å². The van der Waals surface area contributed by atoms with E-state index in [0.717, 1.165) is 27.6 Å². The first kappa shape index (κ1) is 13.3. The third-order valence-electron chi connectivity index (χ3n) is 2.53. The predicted octanol–water partition coefficient (Wildman–Crippen LogP) is 4.82. The van der Waals surface area contributed by atoms with Gasteiger partial charge in [-0.25, -0.2) is 0 Å². The summed E-state index contributed by atoms with van der Waals surface area (Å²) >= 11 is 6.79. The second-order valence-electron chi connectivity index (χ2n) is 4.67. The van der Waals surface area contributed by atoms with Crippen LogP contribution in [-0.4, -0.2) is 11.6 Å². The molecule has 0 aliphatic carbocycles. The van der Waals surface area contributed by atoms with E-state index in [4.69, 9.17) is 17.0 Å². The predicted molar refractivity (Wildman–Crippen MR) is 80.0 cm³/mol. The van der Waals surface area contributed by atoms with Gasteiger partial charge in [0.15, 0.2) is 3.95 Å². The molecule has 96 valence electrons. The molecule has 1 aromatic heterocycles. The van der Waals surface area contributed by atoms with E-state index >= 15 is 0 Å². The normalized spacial score (nSPS) is 10.9. The molecule has 2 nitrogen and oxygen atoms in total. The molecule has 1 aromatic carbocycles. The Bertz CT molecular complexity index is 583. The molecule has 4 heteroatoms. The lowest BCUT2D eigenvalue weighted by molar-refractivity contribution is 0.272. The summed E-state index contributed by atoms with van der Waals surface area (Å²) < 4.78 is 6.68. The number of aryl methyl sites for hydroxylation is 1. The van der Waals surface area contributed by atoms with Crippen LogP contribution in [0.25, 0.3) is 10.4 Å². The summed E-state index contributed by atoms with van der Waals surface area (Å²) in [4.78, 5) is 4.34. The summed E-state index contributed by atoms with van der Waals surface area (Å²) in [5.41, 5.74) is 2.22. The second kappa shape index (κ2) is 5.67. The average molecular weight is 279 g/mol. The van der Waals surface area contributed by atoms with E-state index in [1.165, 1.54) is 4.88 Å². The first-order valence-electron chi connectivity index (χ1n) is 6.00. The molecule has 0 aliphatic rings. The molecule has 0 aliphatic heterocycles. The Kier molecular flexibility index (Phi) is 4.19. The highest BCUT2D eigenvalue weighted by molar-refractivity contribution is 7.73. The Morgan fingerprint density at radius 3 is 2.67 bits per heavy atom. The smallest absolute Gasteiger partial charge is 0.159 e. The van der Waals surface area contributed by atoms with Crippen molar-refractivity contribution in [2.75, 3.05) is 6.61 Å². The van der Waals surface area contributed by atoms with Crippen LogP contribution < -0.4 is 4.74 Å². The molecule has 2 aromatic rings. The Balaban J connectivity index is 2.38. The van der Waals surface area contributed by atoms with Crippen molar-refractivity contribution in [2.24, 2.45) is 5.92 Å². The number of ether oxygens (including phenoxy) is 1. The highest BCUT2D eigenvalue weighted by atomic mass is 32.1. The minimum absolute atomic E-state index is 0.517. The van der Waals surface area contributed by atoms with Crippen molar-refractivity contribution in [2.45, 2.75) is 20.8 Å². The molecule has 0 radical (unpaired) electrons. The number of hydrogen-bond acceptors (Lipinski definition) is 3. The van der Waals surface area contributed by atoms with Crippen molar-refractivity contribution >= 4 is 23.6 Å². The zero-order chi connectivity index (χ0) is 13.1. The Morgan fingerprint density at radius 1 is 1.33 bits per heavy atom. The lowest BCUT2D eigenvalue weighted by Gasteiger charge is -2.12. The van der Waals surface area contributed by atoms with Crippen LogP contribution in [-0.2, 0) is 0 Å². The topological polar surface area (TPSA) is 25.0 Å². The van der Waals surface area contributed by atoms with Crippen LogP contribution in [0, 0.1) is 16.8 Å². The number of para-hydroxylation sites is 1. The van der Waals surface area contributed by atoms with E-state index in [2.05, 4.69) is 24.9 Å². The first-order valence-corrected chi connectivity index (χ1v) is 7.22. The number of thiazole rings is 1. The van der Waals surface area contributed by atoms with Gasteiger partial charge >= 0.3 is 0 Å². The maximum atomic E-state index is 5.88. The van der Waals surface area contributed by atoms with Crippen molar-refractivity contribution in [1.82, 2.24) is 4.98 Å². The molecule has 0 saturated carbocycles. The van der Waals surface area contributed by atoms with E-state index in [0.29, 0.717) is 5.92 Å². The van der Waals surface area contributed by atoms with Gasteiger partial charge in [0.1, 0.15) is 5.75 Å². The largest absolute Gasteiger partial charge is 0.493 e. The average Bonchev–Trinajstić information content (AvgIpc) is 2.66. The molecule has 0 unspecified atom stereocenters. The summed E-state index contributed by atoms with van der Waals surface area (Å²) in [6.07, 6.45) is 0. The van der Waals surface area contributed by atoms with E-state index in [1.807, 2.05) is 25.1 Å². The number of nitrogens with one attached hydrogen (secondary N) is 1. The standard InChI is InChI=1S/C14H17NOS2/c1-9(2)8-16-12-7-5-4-6-11(12)13-10(3)15-14(17)18-13/h4-7,9H,8H2,1-3H3,(H,15,17). The molecule has 0 atom stereocenters. The van der Waals surface area contributed by atoms with Crippen molar-refractivity contribution in [3.05, 3.63) is 33.9 Å². The zero-order valence-corrected chi connectivity index (χ0v) is 12.5. The van der Waals surface area contributed by atoms with Crippen LogP contribution in [0.1, 0.15) is 19.5 Å². The number of benzene rings is 1. The lowest BCUT2D eigenvalue weighted by atomic mass is 10.1. The van der Waals surface area contributed by atoms with Crippen molar-refractivity contribution in [3.63, 3.8) is 0 Å². The molecule has 1 N–H and O–H groups in total. The number of rotatable bonds is 4. The number of aromatic nitrogens is 1. The van der Waals surface area contributed by atoms with Crippen LogP contribution in [0.5, 0.6) is 5.75 Å². The SMILES string of the molecule is Cc1[nH]c(=S)sc1-c1ccccc1OCC(C)C. The Hall–Kier alpha value is -1.13. The van der Waals surface area contributed by atoms with Gasteiger partial charge in [0.05, 0.1) is 11.5 Å². The third kappa shape index (κ3) is 3.00. The fourth-order valence-corrected chi connectivity index (χ4v) is 2.97. The van der Waals surface area contributed by atoms with Crippen LogP contribution in [0.15, 0.2) is 24.3 Å². The van der Waals surface area contributed by atoms with Crippen LogP contribution >= 0.6 is 23.6 Å². The van der Waals surface area contributed by atoms with E-state index < -0.39 is 0 Å². The van der Waals surface area contributed by atoms with Crippen molar-refractivity contribution in [1.29, 1.82) is 0 Å². The Labute approximate surface area is 117 Å². The lowest BCUT2D eigenvalue weighted by Crippen LogP contribution is -2.05. The fourth-order valence-electron chi connectivity index (χ4n) is 1.70. The molecule has 0 saturated heterocycles. The molecule has 2 rings (SSSR count). The number of hydrogen-bond donors (Lipinski definition) is 1. The second-order valence-corrected chi connectivity index (χ2v) is 6.36. The fraction of sp³-hybridized carbons (Fsp3) is 0.357. The molecule has 0 amide bonds. The number of H-pyrrole nitrogens is 1. The van der Waals surface area contributed by atoms with Gasteiger partial charge in [-0.05, 0) is 37.2 Å². The van der Waals surface area contributed by atoms with E-state index in [1.54, 1.807) is 11.3 Å². The van der Waals surface area contributed by atoms with Crippen molar-refractivity contribution < 1.29 is 4.74 Å². The summed E-state index contributed by atoms with van der Waals surface area (Å²) in [5.74, 6) is 1.45. The maximum Gasteiger partial charge on any atom is 0.159 e. The Morgan fingerprint density at radius 2 is 2.06 bits per heavy atom. The third-order valence-corrected chi connectivity index (χ3v) is 3.90. The van der Waals surface area contributed by atoms with Crippen LogP contribution in [0.2, 0.25) is 0 Å². The molecule has 1 heterocycles. The van der Waals surface area contributed by atoms with Crippen LogP contribution in [0.4, 0.5) is 0 Å². The summed E-state index contributed by atoms with van der Waals surface area (Å²) in [5, 5.41) is 0. The summed E-state index contributed by atoms with van der Waals surface area (Å²) in [7, 11) is 0. The van der Waals surface area contributed by atoms with Gasteiger partial charge in [0.25, 0.3) is 0 Å². The molecular formula is C14H17NOS2. The quantitative estimate of drug-likeness (QED) is 0.812. The van der Waals surface area contributed by atoms with Gasteiger partial charge in [-0.1, -0.05) is 26.0 Å². The summed E-state index contributed by atoms with van der Waals surface area (Å²) in [6, 6.07) is 8.12. The maximum absolute atomic E-state index is 5.88. The van der Waals surface area contributed by atoms with Gasteiger partial charge in [0.2, 0.25) is 0 Å². The highest BCUT2D eigenvalue weighted by Gasteiger charge is 2.11. The molecular weight excluding hydrogens is 262 g/mol. The van der Waals surface area contributed by atoms with Gasteiger partial charge < -0.3 is 9.72 Å². The molecule has 0 spiro atoms. The zero-order valence-electron chi connectivity index (χ0n) is 10.8. The first-order chi connectivity index (χ1) is 8.58. The number of aromatic amines is 1. The summed E-state index contributed by atoms with van der Waals surface area (Å²) in [6.45, 7) is 7.06. The van der Waals surface area contributed by atoms with Gasteiger partial charge in [-0.3, -0.25) is 0 Å². The van der Waals surface area contributed by atoms with Gasteiger partial charge in [0, 0.05) is 11.3 Å².